The van der Waals surface area contributed by atoms with Crippen molar-refractivity contribution < 1.29 is 0 Å². The molecule has 3 nitrogen and oxygen atoms in total. The van der Waals surface area contributed by atoms with Gasteiger partial charge < -0.3 is 5.32 Å². The van der Waals surface area contributed by atoms with E-state index in [1.807, 2.05) is 60.5 Å². The van der Waals surface area contributed by atoms with Crippen molar-refractivity contribution in [3.05, 3.63) is 71.5 Å². The normalized spacial score (nSPS) is 10.8. The van der Waals surface area contributed by atoms with E-state index < -0.39 is 0 Å². The predicted octanol–water partition coefficient (Wildman–Crippen LogP) is 3.91. The second kappa shape index (κ2) is 6.12. The molecule has 0 aliphatic rings. The minimum Gasteiger partial charge on any atom is -0.316 e. The molecular weight excluding hydrogens is 282 g/mol. The van der Waals surface area contributed by atoms with Gasteiger partial charge in [0.1, 0.15) is 0 Å². The Labute approximate surface area is 129 Å². The van der Waals surface area contributed by atoms with Crippen LogP contribution in [0.25, 0.3) is 16.8 Å². The summed E-state index contributed by atoms with van der Waals surface area (Å²) >= 11 is 6.30. The van der Waals surface area contributed by atoms with Crippen LogP contribution >= 0.6 is 11.6 Å². The molecular formula is C17H16ClN3. The Bertz CT molecular complexity index is 735. The average molecular weight is 298 g/mol. The fraction of sp³-hybridized carbons (Fsp3) is 0.118. The second-order valence-corrected chi connectivity index (χ2v) is 5.21. The summed E-state index contributed by atoms with van der Waals surface area (Å²) in [5.41, 5.74) is 4.29. The highest BCUT2D eigenvalue weighted by Gasteiger charge is 2.10. The van der Waals surface area contributed by atoms with Gasteiger partial charge in [-0.2, -0.15) is 5.10 Å². The summed E-state index contributed by atoms with van der Waals surface area (Å²) in [5.74, 6) is 0. The molecule has 0 fully saturated rings. The molecule has 106 valence electrons. The third kappa shape index (κ3) is 2.84. The molecule has 4 heteroatoms. The zero-order valence-corrected chi connectivity index (χ0v) is 12.5. The maximum Gasteiger partial charge on any atom is 0.0705 e. The number of nitrogens with one attached hydrogen (secondary N) is 1. The molecule has 1 N–H and O–H groups in total. The van der Waals surface area contributed by atoms with Gasteiger partial charge in [0.25, 0.3) is 0 Å². The molecule has 0 bridgehead atoms. The van der Waals surface area contributed by atoms with Crippen LogP contribution in [0.1, 0.15) is 5.56 Å². The van der Waals surface area contributed by atoms with Crippen molar-refractivity contribution in [1.82, 2.24) is 15.1 Å². The van der Waals surface area contributed by atoms with E-state index in [4.69, 9.17) is 11.6 Å². The molecule has 0 aliphatic heterocycles. The quantitative estimate of drug-likeness (QED) is 0.791. The molecule has 0 saturated heterocycles. The standard InChI is InChI=1S/C17H16ClN3/c1-19-11-15-16(18)8-5-9-17(15)21-12-14(10-20-21)13-6-3-2-4-7-13/h2-10,12,19H,11H2,1H3. The number of rotatable bonds is 4. The van der Waals surface area contributed by atoms with E-state index in [2.05, 4.69) is 22.5 Å². The summed E-state index contributed by atoms with van der Waals surface area (Å²) in [7, 11) is 1.91. The summed E-state index contributed by atoms with van der Waals surface area (Å²) in [5, 5.41) is 8.37. The molecule has 1 heterocycles. The smallest absolute Gasteiger partial charge is 0.0705 e. The van der Waals surface area contributed by atoms with Gasteiger partial charge in [0.15, 0.2) is 0 Å². The van der Waals surface area contributed by atoms with Crippen LogP contribution in [0.3, 0.4) is 0 Å². The first-order chi connectivity index (χ1) is 10.3. The van der Waals surface area contributed by atoms with Crippen molar-refractivity contribution in [1.29, 1.82) is 0 Å². The maximum absolute atomic E-state index is 6.30. The largest absolute Gasteiger partial charge is 0.316 e. The lowest BCUT2D eigenvalue weighted by Crippen LogP contribution is -2.10. The summed E-state index contributed by atoms with van der Waals surface area (Å²) < 4.78 is 1.88. The molecule has 0 spiro atoms. The SMILES string of the molecule is CNCc1c(Cl)cccc1-n1cc(-c2ccccc2)cn1. The molecule has 3 rings (SSSR count). The number of nitrogens with zero attached hydrogens (tertiary/aromatic N) is 2. The second-order valence-electron chi connectivity index (χ2n) is 4.81. The lowest BCUT2D eigenvalue weighted by molar-refractivity contribution is 0.789. The van der Waals surface area contributed by atoms with Gasteiger partial charge in [-0.25, -0.2) is 4.68 Å². The number of hydrogen-bond donors (Lipinski definition) is 1. The Morgan fingerprint density at radius 2 is 1.86 bits per heavy atom. The lowest BCUT2D eigenvalue weighted by Gasteiger charge is -2.10. The first-order valence-corrected chi connectivity index (χ1v) is 7.20. The Morgan fingerprint density at radius 3 is 2.62 bits per heavy atom. The van der Waals surface area contributed by atoms with E-state index in [0.717, 1.165) is 27.4 Å². The molecule has 2 aromatic carbocycles. The Balaban J connectivity index is 2.03. The number of hydrogen-bond acceptors (Lipinski definition) is 2. The van der Waals surface area contributed by atoms with E-state index in [0.29, 0.717) is 6.54 Å². The van der Waals surface area contributed by atoms with Gasteiger partial charge in [0.2, 0.25) is 0 Å². The predicted molar refractivity (Wildman–Crippen MR) is 86.8 cm³/mol. The molecule has 3 aromatic rings. The van der Waals surface area contributed by atoms with Crippen molar-refractivity contribution >= 4 is 11.6 Å². The molecule has 0 amide bonds. The van der Waals surface area contributed by atoms with Gasteiger partial charge in [-0.1, -0.05) is 48.0 Å². The Morgan fingerprint density at radius 1 is 1.05 bits per heavy atom. The van der Waals surface area contributed by atoms with Gasteiger partial charge >= 0.3 is 0 Å². The topological polar surface area (TPSA) is 29.9 Å². The zero-order chi connectivity index (χ0) is 14.7. The number of halogens is 1. The molecule has 0 unspecified atom stereocenters. The van der Waals surface area contributed by atoms with Crippen molar-refractivity contribution in [3.63, 3.8) is 0 Å². The highest BCUT2D eigenvalue weighted by atomic mass is 35.5. The lowest BCUT2D eigenvalue weighted by atomic mass is 10.1. The van der Waals surface area contributed by atoms with Gasteiger partial charge in [0.05, 0.1) is 11.9 Å². The van der Waals surface area contributed by atoms with E-state index >= 15 is 0 Å². The van der Waals surface area contributed by atoms with E-state index in [9.17, 15) is 0 Å². The van der Waals surface area contributed by atoms with E-state index in [-0.39, 0.29) is 0 Å². The molecule has 0 saturated carbocycles. The van der Waals surface area contributed by atoms with Gasteiger partial charge in [0, 0.05) is 28.9 Å². The Hall–Kier alpha value is -2.10. The van der Waals surface area contributed by atoms with Crippen molar-refractivity contribution in [2.24, 2.45) is 0 Å². The van der Waals surface area contributed by atoms with Gasteiger partial charge in [-0.3, -0.25) is 0 Å². The maximum atomic E-state index is 6.30. The van der Waals surface area contributed by atoms with Crippen LogP contribution < -0.4 is 5.32 Å². The molecule has 0 atom stereocenters. The molecule has 0 radical (unpaired) electrons. The van der Waals surface area contributed by atoms with E-state index in [1.54, 1.807) is 0 Å². The highest BCUT2D eigenvalue weighted by Crippen LogP contribution is 2.25. The van der Waals surface area contributed by atoms with Crippen LogP contribution in [0.5, 0.6) is 0 Å². The van der Waals surface area contributed by atoms with Crippen molar-refractivity contribution in [2.75, 3.05) is 7.05 Å². The summed E-state index contributed by atoms with van der Waals surface area (Å²) in [6, 6.07) is 16.1. The van der Waals surface area contributed by atoms with Crippen LogP contribution in [0.15, 0.2) is 60.9 Å². The summed E-state index contributed by atoms with van der Waals surface area (Å²) in [6.45, 7) is 0.704. The van der Waals surface area contributed by atoms with Gasteiger partial charge in [-0.15, -0.1) is 0 Å². The van der Waals surface area contributed by atoms with Gasteiger partial charge in [-0.05, 0) is 24.7 Å². The van der Waals surface area contributed by atoms with Crippen LogP contribution in [0.4, 0.5) is 0 Å². The molecule has 0 aliphatic carbocycles. The molecule has 1 aromatic heterocycles. The fourth-order valence-corrected chi connectivity index (χ4v) is 2.58. The van der Waals surface area contributed by atoms with Crippen LogP contribution in [-0.2, 0) is 6.54 Å². The fourth-order valence-electron chi connectivity index (χ4n) is 2.35. The van der Waals surface area contributed by atoms with Crippen LogP contribution in [0, 0.1) is 0 Å². The third-order valence-electron chi connectivity index (χ3n) is 3.38. The summed E-state index contributed by atoms with van der Waals surface area (Å²) in [4.78, 5) is 0. The number of aromatic nitrogens is 2. The van der Waals surface area contributed by atoms with Crippen LogP contribution in [-0.4, -0.2) is 16.8 Å². The minimum absolute atomic E-state index is 0.704. The highest BCUT2D eigenvalue weighted by molar-refractivity contribution is 6.31. The van der Waals surface area contributed by atoms with Crippen LogP contribution in [0.2, 0.25) is 5.02 Å². The average Bonchev–Trinajstić information content (AvgIpc) is 3.00. The summed E-state index contributed by atoms with van der Waals surface area (Å²) in [6.07, 6.45) is 3.90. The minimum atomic E-state index is 0.704. The van der Waals surface area contributed by atoms with E-state index in [1.165, 1.54) is 0 Å². The third-order valence-corrected chi connectivity index (χ3v) is 3.74. The van der Waals surface area contributed by atoms with Crippen molar-refractivity contribution in [2.45, 2.75) is 6.54 Å². The first-order valence-electron chi connectivity index (χ1n) is 6.82. The first kappa shape index (κ1) is 13.9. The monoisotopic (exact) mass is 297 g/mol. The van der Waals surface area contributed by atoms with Crippen molar-refractivity contribution in [3.8, 4) is 16.8 Å². The molecule has 21 heavy (non-hydrogen) atoms. The number of benzene rings is 2. The zero-order valence-electron chi connectivity index (χ0n) is 11.8. The Kier molecular flexibility index (Phi) is 4.04.